The Bertz CT molecular complexity index is 497. The van der Waals surface area contributed by atoms with Crippen LogP contribution in [0.15, 0.2) is 24.3 Å². The molecule has 3 nitrogen and oxygen atoms in total. The van der Waals surface area contributed by atoms with Gasteiger partial charge in [-0.1, -0.05) is 25.1 Å². The lowest BCUT2D eigenvalue weighted by atomic mass is 9.76. The number of carboxylic acid groups (broad SMARTS) is 1. The van der Waals surface area contributed by atoms with Gasteiger partial charge in [0.2, 0.25) is 0 Å². The fourth-order valence-electron chi connectivity index (χ4n) is 3.73. The maximum Gasteiger partial charge on any atom is 0.309 e. The summed E-state index contributed by atoms with van der Waals surface area (Å²) in [6, 6.07) is 8.01. The Labute approximate surface area is 113 Å². The summed E-state index contributed by atoms with van der Waals surface area (Å²) in [4.78, 5) is 11.7. The van der Waals surface area contributed by atoms with Crippen LogP contribution in [-0.2, 0) is 4.79 Å². The van der Waals surface area contributed by atoms with Crippen LogP contribution < -0.4 is 4.74 Å². The molecule has 0 radical (unpaired) electrons. The summed E-state index contributed by atoms with van der Waals surface area (Å²) in [6.07, 6.45) is 3.36. The van der Waals surface area contributed by atoms with Crippen molar-refractivity contribution in [3.05, 3.63) is 29.8 Å². The number of hydrogen-bond donors (Lipinski definition) is 1. The van der Waals surface area contributed by atoms with E-state index in [1.54, 1.807) is 0 Å². The summed E-state index contributed by atoms with van der Waals surface area (Å²) >= 11 is 0. The molecule has 19 heavy (non-hydrogen) atoms. The highest BCUT2D eigenvalue weighted by molar-refractivity contribution is 5.75. The van der Waals surface area contributed by atoms with Gasteiger partial charge in [-0.05, 0) is 37.7 Å². The van der Waals surface area contributed by atoms with E-state index in [9.17, 15) is 9.90 Å². The molecule has 0 spiro atoms. The molecule has 102 valence electrons. The van der Waals surface area contributed by atoms with Gasteiger partial charge in [-0.2, -0.15) is 0 Å². The number of ether oxygens (including phenoxy) is 1. The van der Waals surface area contributed by atoms with Gasteiger partial charge < -0.3 is 9.84 Å². The fraction of sp³-hybridized carbons (Fsp3) is 0.562. The second-order valence-electron chi connectivity index (χ2n) is 6.18. The van der Waals surface area contributed by atoms with Crippen LogP contribution in [-0.4, -0.2) is 17.7 Å². The second-order valence-corrected chi connectivity index (χ2v) is 6.18. The minimum Gasteiger partial charge on any atom is -0.493 e. The zero-order valence-electron chi connectivity index (χ0n) is 11.3. The number of hydrogen-bond acceptors (Lipinski definition) is 2. The predicted molar refractivity (Wildman–Crippen MR) is 72.4 cm³/mol. The molecule has 3 rings (SSSR count). The van der Waals surface area contributed by atoms with E-state index in [0.717, 1.165) is 25.0 Å². The van der Waals surface area contributed by atoms with Crippen molar-refractivity contribution in [3.63, 3.8) is 0 Å². The molecule has 1 fully saturated rings. The smallest absolute Gasteiger partial charge is 0.309 e. The minimum atomic E-state index is -0.624. The summed E-state index contributed by atoms with van der Waals surface area (Å²) in [7, 11) is 0. The molecule has 0 aromatic heterocycles. The minimum absolute atomic E-state index is 0.234. The zero-order chi connectivity index (χ0) is 13.5. The number of aliphatic carboxylic acids is 1. The predicted octanol–water partition coefficient (Wildman–Crippen LogP) is 3.44. The highest BCUT2D eigenvalue weighted by atomic mass is 16.5. The molecule has 1 heterocycles. The first kappa shape index (κ1) is 12.5. The Morgan fingerprint density at radius 3 is 2.95 bits per heavy atom. The van der Waals surface area contributed by atoms with Gasteiger partial charge in [0, 0.05) is 11.5 Å². The van der Waals surface area contributed by atoms with Gasteiger partial charge in [-0.3, -0.25) is 4.79 Å². The van der Waals surface area contributed by atoms with Crippen LogP contribution in [0.3, 0.4) is 0 Å². The van der Waals surface area contributed by atoms with Crippen molar-refractivity contribution in [2.24, 2.45) is 11.3 Å². The van der Waals surface area contributed by atoms with Crippen LogP contribution >= 0.6 is 0 Å². The molecule has 1 aliphatic heterocycles. The number of benzene rings is 1. The molecule has 1 N–H and O–H groups in total. The van der Waals surface area contributed by atoms with Gasteiger partial charge in [0.1, 0.15) is 5.75 Å². The van der Waals surface area contributed by atoms with Gasteiger partial charge in [-0.25, -0.2) is 0 Å². The van der Waals surface area contributed by atoms with Gasteiger partial charge >= 0.3 is 5.97 Å². The van der Waals surface area contributed by atoms with E-state index in [1.807, 2.05) is 18.2 Å². The molecule has 3 atom stereocenters. The Kier molecular flexibility index (Phi) is 3.00. The van der Waals surface area contributed by atoms with Crippen LogP contribution in [0.25, 0.3) is 0 Å². The topological polar surface area (TPSA) is 46.5 Å². The molecule has 1 aromatic rings. The number of fused-ring (bicyclic) bond motifs is 1. The third-order valence-electron chi connectivity index (χ3n) is 4.74. The number of para-hydroxylation sites is 1. The van der Waals surface area contributed by atoms with E-state index >= 15 is 0 Å². The average molecular weight is 260 g/mol. The van der Waals surface area contributed by atoms with E-state index in [2.05, 4.69) is 13.0 Å². The standard InChI is InChI=1S/C16H20O3/c1-11-6-7-16(8-11,15(17)18)9-12-10-19-14-5-3-2-4-13(12)14/h2-5,11-12H,6-10H2,1H3,(H,17,18). The SMILES string of the molecule is CC1CCC(CC2COc3ccccc32)(C(=O)O)C1. The largest absolute Gasteiger partial charge is 0.493 e. The normalized spacial score (nSPS) is 32.9. The van der Waals surface area contributed by atoms with Crippen LogP contribution in [0.2, 0.25) is 0 Å². The maximum absolute atomic E-state index is 11.7. The summed E-state index contributed by atoms with van der Waals surface area (Å²) in [5.41, 5.74) is 0.646. The van der Waals surface area contributed by atoms with E-state index in [-0.39, 0.29) is 5.92 Å². The molecule has 0 bridgehead atoms. The van der Waals surface area contributed by atoms with E-state index in [1.165, 1.54) is 5.56 Å². The number of rotatable bonds is 3. The van der Waals surface area contributed by atoms with Gasteiger partial charge in [0.05, 0.1) is 12.0 Å². The summed E-state index contributed by atoms with van der Waals surface area (Å²) < 4.78 is 5.68. The van der Waals surface area contributed by atoms with Crippen molar-refractivity contribution in [1.82, 2.24) is 0 Å². The molecule has 3 heteroatoms. The molecular formula is C16H20O3. The Morgan fingerprint density at radius 2 is 2.26 bits per heavy atom. The first-order valence-electron chi connectivity index (χ1n) is 7.06. The van der Waals surface area contributed by atoms with Crippen molar-refractivity contribution in [1.29, 1.82) is 0 Å². The first-order valence-corrected chi connectivity index (χ1v) is 7.06. The van der Waals surface area contributed by atoms with Crippen molar-refractivity contribution < 1.29 is 14.6 Å². The average Bonchev–Trinajstić information content (AvgIpc) is 2.96. The van der Waals surface area contributed by atoms with E-state index in [0.29, 0.717) is 18.9 Å². The third kappa shape index (κ3) is 2.11. The maximum atomic E-state index is 11.7. The lowest BCUT2D eigenvalue weighted by Gasteiger charge is -2.27. The zero-order valence-corrected chi connectivity index (χ0v) is 11.3. The Morgan fingerprint density at radius 1 is 1.47 bits per heavy atom. The number of carboxylic acids is 1. The van der Waals surface area contributed by atoms with Crippen LogP contribution in [0, 0.1) is 11.3 Å². The van der Waals surface area contributed by atoms with Crippen molar-refractivity contribution in [2.75, 3.05) is 6.61 Å². The second kappa shape index (κ2) is 4.55. The van der Waals surface area contributed by atoms with Crippen LogP contribution in [0.4, 0.5) is 0 Å². The Balaban J connectivity index is 1.83. The van der Waals surface area contributed by atoms with E-state index < -0.39 is 11.4 Å². The molecule has 2 aliphatic rings. The summed E-state index contributed by atoms with van der Waals surface area (Å²) in [6.45, 7) is 2.78. The quantitative estimate of drug-likeness (QED) is 0.905. The first-order chi connectivity index (χ1) is 9.11. The van der Waals surface area contributed by atoms with Crippen molar-refractivity contribution in [2.45, 2.75) is 38.5 Å². The lowest BCUT2D eigenvalue weighted by Crippen LogP contribution is -2.30. The monoisotopic (exact) mass is 260 g/mol. The summed E-state index contributed by atoms with van der Waals surface area (Å²) in [5.74, 6) is 1.06. The third-order valence-corrected chi connectivity index (χ3v) is 4.74. The molecular weight excluding hydrogens is 240 g/mol. The molecule has 1 aliphatic carbocycles. The van der Waals surface area contributed by atoms with Gasteiger partial charge in [0.15, 0.2) is 0 Å². The van der Waals surface area contributed by atoms with E-state index in [4.69, 9.17) is 4.74 Å². The van der Waals surface area contributed by atoms with Crippen LogP contribution in [0.1, 0.15) is 44.1 Å². The number of carbonyl (C=O) groups is 1. The molecule has 1 saturated carbocycles. The Hall–Kier alpha value is -1.51. The molecule has 3 unspecified atom stereocenters. The lowest BCUT2D eigenvalue weighted by molar-refractivity contribution is -0.149. The van der Waals surface area contributed by atoms with Crippen molar-refractivity contribution in [3.8, 4) is 5.75 Å². The fourth-order valence-corrected chi connectivity index (χ4v) is 3.73. The van der Waals surface area contributed by atoms with Crippen LogP contribution in [0.5, 0.6) is 5.75 Å². The molecule has 0 amide bonds. The molecule has 0 saturated heterocycles. The summed E-state index contributed by atoms with van der Waals surface area (Å²) in [5, 5.41) is 9.65. The van der Waals surface area contributed by atoms with Gasteiger partial charge in [0.25, 0.3) is 0 Å². The highest BCUT2D eigenvalue weighted by Crippen LogP contribution is 2.50. The highest BCUT2D eigenvalue weighted by Gasteiger charge is 2.46. The molecule has 1 aromatic carbocycles. The van der Waals surface area contributed by atoms with Gasteiger partial charge in [-0.15, -0.1) is 0 Å². The van der Waals surface area contributed by atoms with Crippen molar-refractivity contribution >= 4 is 5.97 Å².